The van der Waals surface area contributed by atoms with Crippen LogP contribution in [0.3, 0.4) is 0 Å². The van der Waals surface area contributed by atoms with Crippen molar-refractivity contribution in [3.63, 3.8) is 0 Å². The number of aliphatic hydroxyl groups is 1. The lowest BCUT2D eigenvalue weighted by Gasteiger charge is -2.23. The Morgan fingerprint density at radius 2 is 2.05 bits per heavy atom. The van der Waals surface area contributed by atoms with Crippen molar-refractivity contribution in [1.29, 1.82) is 0 Å². The molecule has 7 nitrogen and oxygen atoms in total. The van der Waals surface area contributed by atoms with Crippen LogP contribution in [-0.2, 0) is 0 Å². The zero-order chi connectivity index (χ0) is 16.0. The molecule has 0 aliphatic carbocycles. The van der Waals surface area contributed by atoms with Gasteiger partial charge in [0.25, 0.3) is 5.69 Å². The van der Waals surface area contributed by atoms with Gasteiger partial charge in [-0.3, -0.25) is 10.1 Å². The molecular weight excluding hydrogens is 276 g/mol. The van der Waals surface area contributed by atoms with Gasteiger partial charge in [-0.05, 0) is 26.8 Å². The molecule has 2 N–H and O–H groups in total. The smallest absolute Gasteiger partial charge is 0.273 e. The first-order valence-electron chi connectivity index (χ1n) is 6.61. The molecule has 1 rings (SSSR count). The number of nitrogens with one attached hydrogen (secondary N) is 1. The summed E-state index contributed by atoms with van der Waals surface area (Å²) in [5, 5.41) is 23.7. The van der Waals surface area contributed by atoms with Crippen molar-refractivity contribution in [3.05, 3.63) is 28.3 Å². The van der Waals surface area contributed by atoms with Gasteiger partial charge in [0.05, 0.1) is 18.1 Å². The standard InChI is InChI=1S/C14H22N2O5/c1-14(2,3)15-8-11(17)9-21-12-6-5-10(16(18)19)7-13(12)20-4/h5-7,11,15,17H,8-9H2,1-4H3. The maximum atomic E-state index is 10.7. The predicted molar refractivity (Wildman–Crippen MR) is 78.9 cm³/mol. The molecule has 0 saturated carbocycles. The second-order valence-corrected chi connectivity index (χ2v) is 5.69. The quantitative estimate of drug-likeness (QED) is 0.588. The Hall–Kier alpha value is -1.86. The number of rotatable bonds is 7. The van der Waals surface area contributed by atoms with E-state index in [0.29, 0.717) is 12.3 Å². The summed E-state index contributed by atoms with van der Waals surface area (Å²) in [6.07, 6.45) is -0.691. The second kappa shape index (κ2) is 7.24. The summed E-state index contributed by atoms with van der Waals surface area (Å²) in [5.74, 6) is 0.623. The van der Waals surface area contributed by atoms with E-state index in [1.54, 1.807) is 0 Å². The van der Waals surface area contributed by atoms with Crippen molar-refractivity contribution < 1.29 is 19.5 Å². The van der Waals surface area contributed by atoms with Gasteiger partial charge in [0, 0.05) is 18.2 Å². The number of nitro groups is 1. The van der Waals surface area contributed by atoms with Crippen LogP contribution in [0.25, 0.3) is 0 Å². The number of nitro benzene ring substituents is 1. The van der Waals surface area contributed by atoms with Crippen LogP contribution >= 0.6 is 0 Å². The maximum absolute atomic E-state index is 10.7. The van der Waals surface area contributed by atoms with Crippen LogP contribution in [0.2, 0.25) is 0 Å². The lowest BCUT2D eigenvalue weighted by atomic mass is 10.1. The zero-order valence-electron chi connectivity index (χ0n) is 12.8. The van der Waals surface area contributed by atoms with E-state index in [2.05, 4.69) is 5.32 Å². The minimum atomic E-state index is -0.691. The molecule has 0 amide bonds. The lowest BCUT2D eigenvalue weighted by Crippen LogP contribution is -2.42. The molecule has 1 aromatic rings. The second-order valence-electron chi connectivity index (χ2n) is 5.69. The fraction of sp³-hybridized carbons (Fsp3) is 0.571. The molecule has 0 saturated heterocycles. The van der Waals surface area contributed by atoms with Gasteiger partial charge in [-0.15, -0.1) is 0 Å². The van der Waals surface area contributed by atoms with E-state index in [0.717, 1.165) is 0 Å². The summed E-state index contributed by atoms with van der Waals surface area (Å²) < 4.78 is 10.5. The van der Waals surface area contributed by atoms with Crippen molar-refractivity contribution in [3.8, 4) is 11.5 Å². The number of β-amino-alcohol motifs (C(OH)–C–C–N with tert-alkyl or cyclic N) is 1. The summed E-state index contributed by atoms with van der Waals surface area (Å²) in [7, 11) is 1.41. The Balaban J connectivity index is 2.60. The number of methoxy groups -OCH3 is 1. The number of non-ortho nitro benzene ring substituents is 1. The van der Waals surface area contributed by atoms with Gasteiger partial charge < -0.3 is 19.9 Å². The minimum absolute atomic E-state index is 0.0667. The Morgan fingerprint density at radius 3 is 2.57 bits per heavy atom. The average Bonchev–Trinajstić information content (AvgIpc) is 2.41. The Labute approximate surface area is 124 Å². The topological polar surface area (TPSA) is 93.9 Å². The number of hydrogen-bond acceptors (Lipinski definition) is 6. The number of nitrogens with zero attached hydrogens (tertiary/aromatic N) is 1. The number of aliphatic hydroxyl groups excluding tert-OH is 1. The van der Waals surface area contributed by atoms with Gasteiger partial charge >= 0.3 is 0 Å². The molecule has 21 heavy (non-hydrogen) atoms. The zero-order valence-corrected chi connectivity index (χ0v) is 12.8. The molecule has 0 radical (unpaired) electrons. The van der Waals surface area contributed by atoms with Crippen LogP contribution in [0.5, 0.6) is 11.5 Å². The Morgan fingerprint density at radius 1 is 1.38 bits per heavy atom. The molecule has 0 aromatic heterocycles. The number of benzene rings is 1. The highest BCUT2D eigenvalue weighted by atomic mass is 16.6. The van der Waals surface area contributed by atoms with Gasteiger partial charge in [-0.2, -0.15) is 0 Å². The maximum Gasteiger partial charge on any atom is 0.273 e. The third-order valence-corrected chi connectivity index (χ3v) is 2.66. The Kier molecular flexibility index (Phi) is 5.92. The summed E-state index contributed by atoms with van der Waals surface area (Å²) in [6.45, 7) is 6.45. The summed E-state index contributed by atoms with van der Waals surface area (Å²) in [5.41, 5.74) is -0.166. The normalized spacial score (nSPS) is 12.8. The summed E-state index contributed by atoms with van der Waals surface area (Å²) in [6, 6.07) is 4.08. The van der Waals surface area contributed by atoms with Crippen LogP contribution in [0.15, 0.2) is 18.2 Å². The molecule has 0 fully saturated rings. The molecule has 0 spiro atoms. The van der Waals surface area contributed by atoms with Crippen LogP contribution in [0.1, 0.15) is 20.8 Å². The Bertz CT molecular complexity index is 485. The van der Waals surface area contributed by atoms with Crippen LogP contribution in [0.4, 0.5) is 5.69 Å². The number of ether oxygens (including phenoxy) is 2. The average molecular weight is 298 g/mol. The molecule has 1 unspecified atom stereocenters. The predicted octanol–water partition coefficient (Wildman–Crippen LogP) is 1.73. The summed E-state index contributed by atoms with van der Waals surface area (Å²) in [4.78, 5) is 10.2. The molecule has 0 aliphatic heterocycles. The highest BCUT2D eigenvalue weighted by molar-refractivity contribution is 5.48. The van der Waals surface area contributed by atoms with Gasteiger partial charge in [-0.1, -0.05) is 0 Å². The lowest BCUT2D eigenvalue weighted by molar-refractivity contribution is -0.384. The van der Waals surface area contributed by atoms with Crippen molar-refractivity contribution >= 4 is 5.69 Å². The van der Waals surface area contributed by atoms with E-state index in [1.807, 2.05) is 20.8 Å². The monoisotopic (exact) mass is 298 g/mol. The third-order valence-electron chi connectivity index (χ3n) is 2.66. The molecule has 118 valence electrons. The number of hydrogen-bond donors (Lipinski definition) is 2. The van der Waals surface area contributed by atoms with E-state index < -0.39 is 11.0 Å². The molecular formula is C14H22N2O5. The highest BCUT2D eigenvalue weighted by Crippen LogP contribution is 2.31. The first-order valence-corrected chi connectivity index (χ1v) is 6.61. The van der Waals surface area contributed by atoms with E-state index in [4.69, 9.17) is 9.47 Å². The molecule has 1 aromatic carbocycles. The molecule has 7 heteroatoms. The van der Waals surface area contributed by atoms with Crippen molar-refractivity contribution in [2.24, 2.45) is 0 Å². The fourth-order valence-corrected chi connectivity index (χ4v) is 1.56. The van der Waals surface area contributed by atoms with Crippen LogP contribution < -0.4 is 14.8 Å². The van der Waals surface area contributed by atoms with Crippen LogP contribution in [0, 0.1) is 10.1 Å². The van der Waals surface area contributed by atoms with Crippen LogP contribution in [-0.4, -0.2) is 41.9 Å². The van der Waals surface area contributed by atoms with Gasteiger partial charge in [0.15, 0.2) is 11.5 Å². The molecule has 1 atom stereocenters. The van der Waals surface area contributed by atoms with Gasteiger partial charge in [0.1, 0.15) is 12.7 Å². The largest absolute Gasteiger partial charge is 0.493 e. The molecule has 0 heterocycles. The molecule has 0 aliphatic rings. The van der Waals surface area contributed by atoms with Crippen molar-refractivity contribution in [1.82, 2.24) is 5.32 Å². The van der Waals surface area contributed by atoms with Crippen molar-refractivity contribution in [2.45, 2.75) is 32.4 Å². The first kappa shape index (κ1) is 17.2. The van der Waals surface area contributed by atoms with E-state index in [1.165, 1.54) is 25.3 Å². The molecule has 0 bridgehead atoms. The summed E-state index contributed by atoms with van der Waals surface area (Å²) >= 11 is 0. The fourth-order valence-electron chi connectivity index (χ4n) is 1.56. The van der Waals surface area contributed by atoms with E-state index in [9.17, 15) is 15.2 Å². The van der Waals surface area contributed by atoms with Gasteiger partial charge in [-0.25, -0.2) is 0 Å². The highest BCUT2D eigenvalue weighted by Gasteiger charge is 2.15. The minimum Gasteiger partial charge on any atom is -0.493 e. The SMILES string of the molecule is COc1cc([N+](=O)[O-])ccc1OCC(O)CNC(C)(C)C. The first-order chi connectivity index (χ1) is 9.73. The van der Waals surface area contributed by atoms with Crippen molar-refractivity contribution in [2.75, 3.05) is 20.3 Å². The third kappa shape index (κ3) is 5.97. The van der Waals surface area contributed by atoms with Gasteiger partial charge in [0.2, 0.25) is 0 Å². The van der Waals surface area contributed by atoms with E-state index in [-0.39, 0.29) is 23.6 Å². The van der Waals surface area contributed by atoms with E-state index >= 15 is 0 Å².